The summed E-state index contributed by atoms with van der Waals surface area (Å²) in [6, 6.07) is 10.9. The van der Waals surface area contributed by atoms with Gasteiger partial charge in [0.25, 0.3) is 0 Å². The van der Waals surface area contributed by atoms with Gasteiger partial charge in [-0.15, -0.1) is 0 Å². The Bertz CT molecular complexity index is 507. The largest absolute Gasteiger partial charge is 0.394 e. The Morgan fingerprint density at radius 3 is 1.79 bits per heavy atom. The SMILES string of the molecule is CCCCCCCCCCOC(CO)CSCCCCCCCCCCCCc1ccccc1. The maximum atomic E-state index is 9.55. The van der Waals surface area contributed by atoms with Gasteiger partial charge < -0.3 is 9.84 Å². The summed E-state index contributed by atoms with van der Waals surface area (Å²) in [7, 11) is 0. The molecule has 1 rings (SSSR count). The number of aryl methyl sites for hydroxylation is 1. The van der Waals surface area contributed by atoms with Gasteiger partial charge in [-0.25, -0.2) is 0 Å². The van der Waals surface area contributed by atoms with Crippen molar-refractivity contribution in [1.82, 2.24) is 0 Å². The maximum absolute atomic E-state index is 9.55. The summed E-state index contributed by atoms with van der Waals surface area (Å²) < 4.78 is 5.90. The first kappa shape index (κ1) is 31.5. The highest BCUT2D eigenvalue weighted by Crippen LogP contribution is 2.15. The van der Waals surface area contributed by atoms with Crippen LogP contribution in [0.25, 0.3) is 0 Å². The van der Waals surface area contributed by atoms with Crippen LogP contribution in [0.15, 0.2) is 30.3 Å². The Labute approximate surface area is 217 Å². The molecule has 1 unspecified atom stereocenters. The van der Waals surface area contributed by atoms with E-state index in [4.69, 9.17) is 4.74 Å². The lowest BCUT2D eigenvalue weighted by atomic mass is 10.0. The van der Waals surface area contributed by atoms with Gasteiger partial charge in [-0.2, -0.15) is 11.8 Å². The molecule has 198 valence electrons. The van der Waals surface area contributed by atoms with Gasteiger partial charge in [0.2, 0.25) is 0 Å². The first-order chi connectivity index (χ1) is 16.9. The Morgan fingerprint density at radius 2 is 1.21 bits per heavy atom. The Hall–Kier alpha value is -0.510. The van der Waals surface area contributed by atoms with E-state index in [1.165, 1.54) is 127 Å². The topological polar surface area (TPSA) is 29.5 Å². The monoisotopic (exact) mass is 492 g/mol. The van der Waals surface area contributed by atoms with Gasteiger partial charge in [0.15, 0.2) is 0 Å². The normalized spacial score (nSPS) is 12.3. The van der Waals surface area contributed by atoms with Crippen molar-refractivity contribution in [3.8, 4) is 0 Å². The first-order valence-corrected chi connectivity index (χ1v) is 15.9. The van der Waals surface area contributed by atoms with Crippen molar-refractivity contribution in [3.05, 3.63) is 35.9 Å². The fraction of sp³-hybridized carbons (Fsp3) is 0.806. The zero-order valence-corrected chi connectivity index (χ0v) is 23.3. The van der Waals surface area contributed by atoms with Crippen LogP contribution in [0.3, 0.4) is 0 Å². The van der Waals surface area contributed by atoms with Crippen LogP contribution in [0.4, 0.5) is 0 Å². The molecule has 0 spiro atoms. The third-order valence-electron chi connectivity index (χ3n) is 6.71. The second kappa shape index (κ2) is 25.6. The van der Waals surface area contributed by atoms with Gasteiger partial charge in [0.1, 0.15) is 0 Å². The summed E-state index contributed by atoms with van der Waals surface area (Å²) in [4.78, 5) is 0. The average molecular weight is 493 g/mol. The van der Waals surface area contributed by atoms with Crippen LogP contribution in [0.5, 0.6) is 0 Å². The highest BCUT2D eigenvalue weighted by atomic mass is 32.2. The van der Waals surface area contributed by atoms with E-state index in [0.717, 1.165) is 18.8 Å². The molecule has 2 nitrogen and oxygen atoms in total. The van der Waals surface area contributed by atoms with Crippen molar-refractivity contribution in [1.29, 1.82) is 0 Å². The first-order valence-electron chi connectivity index (χ1n) is 14.7. The van der Waals surface area contributed by atoms with Gasteiger partial charge in [0, 0.05) is 12.4 Å². The lowest BCUT2D eigenvalue weighted by Crippen LogP contribution is -2.21. The Morgan fingerprint density at radius 1 is 0.676 bits per heavy atom. The summed E-state index contributed by atoms with van der Waals surface area (Å²) >= 11 is 1.96. The van der Waals surface area contributed by atoms with E-state index >= 15 is 0 Å². The highest BCUT2D eigenvalue weighted by Gasteiger charge is 2.07. The van der Waals surface area contributed by atoms with E-state index in [1.807, 2.05) is 11.8 Å². The standard InChI is InChI=1S/C31H56O2S/c1-2-3-4-5-6-12-15-21-26-33-31(28-32)29-34-27-22-16-13-10-8-7-9-11-14-18-23-30-24-19-17-20-25-30/h17,19-20,24-25,31-32H,2-16,18,21-23,26-29H2,1H3. The Kier molecular flexibility index (Phi) is 23.7. The fourth-order valence-electron chi connectivity index (χ4n) is 4.45. The van der Waals surface area contributed by atoms with Crippen molar-refractivity contribution in [2.24, 2.45) is 0 Å². The Balaban J connectivity index is 1.77. The summed E-state index contributed by atoms with van der Waals surface area (Å²) in [6.45, 7) is 3.25. The molecule has 0 aromatic heterocycles. The minimum Gasteiger partial charge on any atom is -0.394 e. The van der Waals surface area contributed by atoms with Gasteiger partial charge in [-0.3, -0.25) is 0 Å². The minimum absolute atomic E-state index is 0.0299. The zero-order valence-electron chi connectivity index (χ0n) is 22.5. The van der Waals surface area contributed by atoms with Gasteiger partial charge in [0.05, 0.1) is 12.7 Å². The molecule has 0 radical (unpaired) electrons. The van der Waals surface area contributed by atoms with Gasteiger partial charge in [-0.1, -0.05) is 134 Å². The predicted octanol–water partition coefficient (Wildman–Crippen LogP) is 9.38. The number of thioether (sulfide) groups is 1. The van der Waals surface area contributed by atoms with E-state index in [9.17, 15) is 5.11 Å². The number of ether oxygens (including phenoxy) is 1. The molecule has 0 fully saturated rings. The number of rotatable bonds is 26. The smallest absolute Gasteiger partial charge is 0.0895 e. The molecule has 1 atom stereocenters. The zero-order chi connectivity index (χ0) is 24.4. The second-order valence-electron chi connectivity index (χ2n) is 10.00. The van der Waals surface area contributed by atoms with Crippen LogP contribution in [-0.2, 0) is 11.2 Å². The fourth-order valence-corrected chi connectivity index (χ4v) is 5.49. The van der Waals surface area contributed by atoms with Crippen LogP contribution in [0, 0.1) is 0 Å². The molecule has 1 N–H and O–H groups in total. The molecule has 0 aliphatic heterocycles. The third-order valence-corrected chi connectivity index (χ3v) is 7.89. The molecule has 1 aromatic rings. The van der Waals surface area contributed by atoms with E-state index in [-0.39, 0.29) is 12.7 Å². The van der Waals surface area contributed by atoms with Crippen molar-refractivity contribution in [3.63, 3.8) is 0 Å². The summed E-state index contributed by atoms with van der Waals surface area (Å²) in [5.74, 6) is 2.15. The van der Waals surface area contributed by atoms with Crippen LogP contribution in [0.2, 0.25) is 0 Å². The lowest BCUT2D eigenvalue weighted by Gasteiger charge is -2.15. The molecule has 0 bridgehead atoms. The molecule has 0 amide bonds. The van der Waals surface area contributed by atoms with Crippen LogP contribution < -0.4 is 0 Å². The molecule has 0 aliphatic carbocycles. The number of benzene rings is 1. The molecule has 0 heterocycles. The van der Waals surface area contributed by atoms with E-state index < -0.39 is 0 Å². The maximum Gasteiger partial charge on any atom is 0.0895 e. The molecule has 3 heteroatoms. The molecule has 0 saturated heterocycles. The number of hydrogen-bond acceptors (Lipinski definition) is 3. The van der Waals surface area contributed by atoms with Gasteiger partial charge in [-0.05, 0) is 37.0 Å². The summed E-state index contributed by atoms with van der Waals surface area (Å²) in [5.41, 5.74) is 1.49. The molecule has 34 heavy (non-hydrogen) atoms. The summed E-state index contributed by atoms with van der Waals surface area (Å²) in [5, 5.41) is 9.55. The van der Waals surface area contributed by atoms with Crippen molar-refractivity contribution < 1.29 is 9.84 Å². The van der Waals surface area contributed by atoms with E-state index in [1.54, 1.807) is 0 Å². The second-order valence-corrected chi connectivity index (χ2v) is 11.1. The number of aliphatic hydroxyl groups excluding tert-OH is 1. The number of hydrogen-bond donors (Lipinski definition) is 1. The quantitative estimate of drug-likeness (QED) is 0.131. The lowest BCUT2D eigenvalue weighted by molar-refractivity contribution is 0.0260. The third kappa shape index (κ3) is 20.8. The molecule has 0 aliphatic rings. The number of unbranched alkanes of at least 4 members (excludes halogenated alkanes) is 16. The van der Waals surface area contributed by atoms with Crippen LogP contribution >= 0.6 is 11.8 Å². The predicted molar refractivity (Wildman–Crippen MR) is 153 cm³/mol. The summed E-state index contributed by atoms with van der Waals surface area (Å²) in [6.07, 6.45) is 25.7. The van der Waals surface area contributed by atoms with Crippen molar-refractivity contribution >= 4 is 11.8 Å². The molecular weight excluding hydrogens is 436 g/mol. The average Bonchev–Trinajstić information content (AvgIpc) is 2.87. The van der Waals surface area contributed by atoms with Gasteiger partial charge >= 0.3 is 0 Å². The van der Waals surface area contributed by atoms with Crippen molar-refractivity contribution in [2.45, 2.75) is 135 Å². The van der Waals surface area contributed by atoms with Crippen LogP contribution in [0.1, 0.15) is 128 Å². The molecule has 1 aromatic carbocycles. The number of aliphatic hydroxyl groups is 1. The van der Waals surface area contributed by atoms with E-state index in [0.29, 0.717) is 0 Å². The van der Waals surface area contributed by atoms with Crippen molar-refractivity contribution in [2.75, 3.05) is 24.7 Å². The van der Waals surface area contributed by atoms with E-state index in [2.05, 4.69) is 37.3 Å². The highest BCUT2D eigenvalue weighted by molar-refractivity contribution is 7.99. The minimum atomic E-state index is 0.0299. The molecular formula is C31H56O2S. The van der Waals surface area contributed by atoms with Crippen LogP contribution in [-0.4, -0.2) is 35.9 Å². The molecule has 0 saturated carbocycles.